The molecular formula is C15H11BrF2N2O. The first-order valence-corrected chi connectivity index (χ1v) is 6.74. The summed E-state index contributed by atoms with van der Waals surface area (Å²) < 4.78 is 27.5. The number of benzene rings is 2. The lowest BCUT2D eigenvalue weighted by Gasteiger charge is -2.11. The highest BCUT2D eigenvalue weighted by Crippen LogP contribution is 2.21. The van der Waals surface area contributed by atoms with Gasteiger partial charge in [-0.3, -0.25) is 5.41 Å². The van der Waals surface area contributed by atoms with Gasteiger partial charge in [-0.15, -0.1) is 0 Å². The molecule has 2 aromatic rings. The zero-order chi connectivity index (χ0) is 15.4. The molecule has 0 saturated carbocycles. The summed E-state index contributed by atoms with van der Waals surface area (Å²) in [6, 6.07) is 9.89. The third-order valence-electron chi connectivity index (χ3n) is 2.78. The van der Waals surface area contributed by atoms with E-state index in [0.29, 0.717) is 11.1 Å². The van der Waals surface area contributed by atoms with Gasteiger partial charge in [0.1, 0.15) is 29.1 Å². The van der Waals surface area contributed by atoms with Crippen LogP contribution in [0.5, 0.6) is 0 Å². The highest BCUT2D eigenvalue weighted by Gasteiger charge is 2.18. The minimum atomic E-state index is -0.622. The maximum absolute atomic E-state index is 14.0. The molecule has 0 radical (unpaired) electrons. The van der Waals surface area contributed by atoms with Crippen LogP contribution in [-0.2, 0) is 4.84 Å². The fourth-order valence-electron chi connectivity index (χ4n) is 1.89. The summed E-state index contributed by atoms with van der Waals surface area (Å²) in [5.41, 5.74) is 1.05. The fourth-order valence-corrected chi connectivity index (χ4v) is 2.24. The van der Waals surface area contributed by atoms with Gasteiger partial charge in [-0.05, 0) is 34.1 Å². The average molecular weight is 353 g/mol. The van der Waals surface area contributed by atoms with Gasteiger partial charge in [0, 0.05) is 16.7 Å². The second-order valence-electron chi connectivity index (χ2n) is 4.11. The Morgan fingerprint density at radius 1 is 1.10 bits per heavy atom. The first kappa shape index (κ1) is 15.3. The van der Waals surface area contributed by atoms with Gasteiger partial charge in [0.05, 0.1) is 0 Å². The van der Waals surface area contributed by atoms with Crippen molar-refractivity contribution in [1.29, 1.82) is 5.41 Å². The molecule has 0 aliphatic heterocycles. The Kier molecular flexibility index (Phi) is 4.80. The molecule has 3 nitrogen and oxygen atoms in total. The molecule has 21 heavy (non-hydrogen) atoms. The summed E-state index contributed by atoms with van der Waals surface area (Å²) >= 11 is 3.08. The van der Waals surface area contributed by atoms with Crippen molar-refractivity contribution in [1.82, 2.24) is 0 Å². The smallest absolute Gasteiger partial charge is 0.132 e. The zero-order valence-electron chi connectivity index (χ0n) is 11.0. The fraction of sp³-hybridized carbons (Fsp3) is 0.0667. The molecule has 0 atom stereocenters. The molecule has 0 saturated heterocycles. The largest absolute Gasteiger partial charge is 0.399 e. The molecule has 0 fully saturated rings. The SMILES string of the molecule is CON=C(c1cc(F)ccc1F)c1ccccc1C(=N)Br. The van der Waals surface area contributed by atoms with Gasteiger partial charge in [-0.1, -0.05) is 29.4 Å². The maximum Gasteiger partial charge on any atom is 0.132 e. The van der Waals surface area contributed by atoms with E-state index < -0.39 is 11.6 Å². The summed E-state index contributed by atoms with van der Waals surface area (Å²) in [6.07, 6.45) is 0. The van der Waals surface area contributed by atoms with Crippen LogP contribution < -0.4 is 0 Å². The van der Waals surface area contributed by atoms with Crippen molar-refractivity contribution in [3.63, 3.8) is 0 Å². The van der Waals surface area contributed by atoms with Crippen LogP contribution in [0.4, 0.5) is 8.78 Å². The Labute approximate surface area is 128 Å². The van der Waals surface area contributed by atoms with Crippen molar-refractivity contribution >= 4 is 26.3 Å². The van der Waals surface area contributed by atoms with Crippen LogP contribution in [-0.4, -0.2) is 17.4 Å². The van der Waals surface area contributed by atoms with Crippen LogP contribution in [0.3, 0.4) is 0 Å². The van der Waals surface area contributed by atoms with Gasteiger partial charge < -0.3 is 4.84 Å². The van der Waals surface area contributed by atoms with Gasteiger partial charge >= 0.3 is 0 Å². The van der Waals surface area contributed by atoms with E-state index in [1.807, 2.05) is 0 Å². The molecule has 0 aromatic heterocycles. The minimum absolute atomic E-state index is 0.0296. The monoisotopic (exact) mass is 352 g/mol. The van der Waals surface area contributed by atoms with Crippen molar-refractivity contribution in [3.8, 4) is 0 Å². The second kappa shape index (κ2) is 6.58. The van der Waals surface area contributed by atoms with Crippen molar-refractivity contribution < 1.29 is 13.6 Å². The molecule has 108 valence electrons. The summed E-state index contributed by atoms with van der Waals surface area (Å²) in [5.74, 6) is -1.20. The molecule has 0 spiro atoms. The van der Waals surface area contributed by atoms with E-state index >= 15 is 0 Å². The highest BCUT2D eigenvalue weighted by atomic mass is 79.9. The maximum atomic E-state index is 14.0. The van der Waals surface area contributed by atoms with Gasteiger partial charge in [0.2, 0.25) is 0 Å². The van der Waals surface area contributed by atoms with E-state index in [1.165, 1.54) is 7.11 Å². The van der Waals surface area contributed by atoms with Gasteiger partial charge in [0.15, 0.2) is 0 Å². The Balaban J connectivity index is 2.69. The Morgan fingerprint density at radius 3 is 2.38 bits per heavy atom. The molecule has 0 amide bonds. The van der Waals surface area contributed by atoms with Crippen LogP contribution in [0.1, 0.15) is 16.7 Å². The standard InChI is InChI=1S/C15H11BrF2N2O/c1-21-20-14(12-8-9(17)6-7-13(12)18)10-4-2-3-5-11(10)15(16)19/h2-8,19H,1H3. The number of halogens is 3. The lowest BCUT2D eigenvalue weighted by atomic mass is 9.97. The van der Waals surface area contributed by atoms with Crippen molar-refractivity contribution in [3.05, 3.63) is 70.8 Å². The molecule has 6 heteroatoms. The third kappa shape index (κ3) is 3.33. The average Bonchev–Trinajstić information content (AvgIpc) is 2.47. The summed E-state index contributed by atoms with van der Waals surface area (Å²) in [7, 11) is 1.32. The number of hydrogen-bond acceptors (Lipinski definition) is 3. The van der Waals surface area contributed by atoms with Crippen molar-refractivity contribution in [2.75, 3.05) is 7.11 Å². The molecular weight excluding hydrogens is 342 g/mol. The minimum Gasteiger partial charge on any atom is -0.399 e. The number of nitrogens with one attached hydrogen (secondary N) is 1. The number of hydrogen-bond donors (Lipinski definition) is 1. The van der Waals surface area contributed by atoms with E-state index in [2.05, 4.69) is 21.1 Å². The molecule has 0 aliphatic rings. The molecule has 1 N–H and O–H groups in total. The van der Waals surface area contributed by atoms with Crippen LogP contribution in [0, 0.1) is 17.0 Å². The molecule has 0 unspecified atom stereocenters. The quantitative estimate of drug-likeness (QED) is 0.653. The lowest BCUT2D eigenvalue weighted by Crippen LogP contribution is -2.11. The first-order chi connectivity index (χ1) is 10.0. The third-order valence-corrected chi connectivity index (χ3v) is 3.21. The predicted molar refractivity (Wildman–Crippen MR) is 81.2 cm³/mol. The topological polar surface area (TPSA) is 45.4 Å². The van der Waals surface area contributed by atoms with Gasteiger partial charge in [0.25, 0.3) is 0 Å². The van der Waals surface area contributed by atoms with Crippen molar-refractivity contribution in [2.24, 2.45) is 5.16 Å². The first-order valence-electron chi connectivity index (χ1n) is 5.95. The molecule has 2 aromatic carbocycles. The van der Waals surface area contributed by atoms with Gasteiger partial charge in [-0.2, -0.15) is 0 Å². The number of nitrogens with zero attached hydrogens (tertiary/aromatic N) is 1. The molecule has 0 heterocycles. The summed E-state index contributed by atoms with van der Waals surface area (Å²) in [4.78, 5) is 4.76. The zero-order valence-corrected chi connectivity index (χ0v) is 12.6. The Morgan fingerprint density at radius 2 is 1.76 bits per heavy atom. The molecule has 2 rings (SSSR count). The van der Waals surface area contributed by atoms with Crippen LogP contribution >= 0.6 is 15.9 Å². The van der Waals surface area contributed by atoms with E-state index in [0.717, 1.165) is 18.2 Å². The molecule has 0 bridgehead atoms. The van der Waals surface area contributed by atoms with Crippen LogP contribution in [0.25, 0.3) is 0 Å². The Hall–Kier alpha value is -2.08. The molecule has 0 aliphatic carbocycles. The van der Waals surface area contributed by atoms with Crippen LogP contribution in [0.15, 0.2) is 47.6 Å². The Bertz CT molecular complexity index is 717. The predicted octanol–water partition coefficient (Wildman–Crippen LogP) is 4.08. The van der Waals surface area contributed by atoms with Gasteiger partial charge in [-0.25, -0.2) is 8.78 Å². The van der Waals surface area contributed by atoms with Crippen molar-refractivity contribution in [2.45, 2.75) is 0 Å². The lowest BCUT2D eigenvalue weighted by molar-refractivity contribution is 0.214. The summed E-state index contributed by atoms with van der Waals surface area (Å²) in [5, 5.41) is 11.5. The highest BCUT2D eigenvalue weighted by molar-refractivity contribution is 9.18. The second-order valence-corrected chi connectivity index (χ2v) is 4.90. The van der Waals surface area contributed by atoms with E-state index in [9.17, 15) is 8.78 Å². The number of rotatable bonds is 4. The van der Waals surface area contributed by atoms with E-state index in [1.54, 1.807) is 24.3 Å². The van der Waals surface area contributed by atoms with E-state index in [-0.39, 0.29) is 15.9 Å². The summed E-state index contributed by atoms with van der Waals surface area (Å²) in [6.45, 7) is 0. The normalized spacial score (nSPS) is 11.3. The number of oxime groups is 1. The van der Waals surface area contributed by atoms with E-state index in [4.69, 9.17) is 10.2 Å². The van der Waals surface area contributed by atoms with Crippen LogP contribution in [0.2, 0.25) is 0 Å².